The molecule has 0 fully saturated rings. The van der Waals surface area contributed by atoms with Gasteiger partial charge in [0.25, 0.3) is 5.91 Å². The Labute approximate surface area is 131 Å². The summed E-state index contributed by atoms with van der Waals surface area (Å²) in [4.78, 5) is 16.1. The number of nitrogens with one attached hydrogen (secondary N) is 1. The first kappa shape index (κ1) is 16.0. The zero-order chi connectivity index (χ0) is 15.8. The molecule has 0 radical (unpaired) electrons. The maximum atomic E-state index is 12.1. The number of rotatable bonds is 7. The number of hydrogen-bond acceptors (Lipinski definition) is 3. The molecule has 116 valence electrons. The Morgan fingerprint density at radius 2 is 2.05 bits per heavy atom. The van der Waals surface area contributed by atoms with E-state index in [1.807, 2.05) is 31.2 Å². The molecule has 1 heterocycles. The van der Waals surface area contributed by atoms with Crippen LogP contribution in [0.15, 0.2) is 48.8 Å². The highest BCUT2D eigenvalue weighted by atomic mass is 16.5. The highest BCUT2D eigenvalue weighted by Crippen LogP contribution is 2.14. The van der Waals surface area contributed by atoms with Gasteiger partial charge >= 0.3 is 0 Å². The van der Waals surface area contributed by atoms with Crippen molar-refractivity contribution >= 4 is 5.91 Å². The van der Waals surface area contributed by atoms with E-state index >= 15 is 0 Å². The van der Waals surface area contributed by atoms with Gasteiger partial charge in [0, 0.05) is 29.6 Å². The van der Waals surface area contributed by atoms with E-state index in [9.17, 15) is 4.79 Å². The van der Waals surface area contributed by atoms with Gasteiger partial charge in [0.15, 0.2) is 0 Å². The molecule has 0 spiro atoms. The van der Waals surface area contributed by atoms with Gasteiger partial charge in [-0.1, -0.05) is 19.4 Å². The number of benzene rings is 1. The molecule has 1 unspecified atom stereocenters. The second-order valence-electron chi connectivity index (χ2n) is 5.34. The third-order valence-electron chi connectivity index (χ3n) is 3.34. The number of nitrogens with zero attached hydrogens (tertiary/aromatic N) is 1. The minimum atomic E-state index is -0.0419. The SMILES string of the molecule is CCCC(C)NC(=O)c1ccc(OCc2cccnc2)cc1. The maximum Gasteiger partial charge on any atom is 0.251 e. The quantitative estimate of drug-likeness (QED) is 0.850. The molecule has 1 N–H and O–H groups in total. The van der Waals surface area contributed by atoms with Crippen LogP contribution in [-0.4, -0.2) is 16.9 Å². The summed E-state index contributed by atoms with van der Waals surface area (Å²) < 4.78 is 5.67. The number of carbonyl (C=O) groups is 1. The number of aromatic nitrogens is 1. The predicted octanol–water partition coefficient (Wildman–Crippen LogP) is 3.58. The Kier molecular flexibility index (Phi) is 5.95. The molecule has 2 aromatic rings. The van der Waals surface area contributed by atoms with Crippen molar-refractivity contribution in [1.29, 1.82) is 0 Å². The smallest absolute Gasteiger partial charge is 0.251 e. The van der Waals surface area contributed by atoms with Gasteiger partial charge in [-0.05, 0) is 43.7 Å². The van der Waals surface area contributed by atoms with Crippen molar-refractivity contribution in [2.75, 3.05) is 0 Å². The van der Waals surface area contributed by atoms with E-state index in [4.69, 9.17) is 4.74 Å². The summed E-state index contributed by atoms with van der Waals surface area (Å²) in [6.07, 6.45) is 5.55. The van der Waals surface area contributed by atoms with E-state index in [0.29, 0.717) is 12.2 Å². The lowest BCUT2D eigenvalue weighted by molar-refractivity contribution is 0.0938. The summed E-state index contributed by atoms with van der Waals surface area (Å²) in [6, 6.07) is 11.2. The van der Waals surface area contributed by atoms with E-state index in [1.165, 1.54) is 0 Å². The molecule has 4 heteroatoms. The van der Waals surface area contributed by atoms with Crippen LogP contribution in [-0.2, 0) is 6.61 Å². The molecule has 1 aromatic carbocycles. The molecule has 0 saturated heterocycles. The first-order valence-electron chi connectivity index (χ1n) is 7.61. The van der Waals surface area contributed by atoms with E-state index < -0.39 is 0 Å². The van der Waals surface area contributed by atoms with Crippen LogP contribution in [0.2, 0.25) is 0 Å². The van der Waals surface area contributed by atoms with Gasteiger partial charge in [-0.3, -0.25) is 9.78 Å². The van der Waals surface area contributed by atoms with Crippen molar-refractivity contribution < 1.29 is 9.53 Å². The molecule has 0 aliphatic carbocycles. The molecular formula is C18H22N2O2. The molecule has 0 saturated carbocycles. The highest BCUT2D eigenvalue weighted by Gasteiger charge is 2.09. The molecule has 1 amide bonds. The van der Waals surface area contributed by atoms with Gasteiger partial charge in [-0.15, -0.1) is 0 Å². The van der Waals surface area contributed by atoms with E-state index in [0.717, 1.165) is 24.2 Å². The Bertz CT molecular complexity index is 582. The average molecular weight is 298 g/mol. The second kappa shape index (κ2) is 8.17. The van der Waals surface area contributed by atoms with Crippen LogP contribution < -0.4 is 10.1 Å². The minimum absolute atomic E-state index is 0.0419. The fourth-order valence-electron chi connectivity index (χ4n) is 2.17. The topological polar surface area (TPSA) is 51.2 Å². The molecule has 4 nitrogen and oxygen atoms in total. The number of hydrogen-bond donors (Lipinski definition) is 1. The van der Waals surface area contributed by atoms with E-state index in [2.05, 4.69) is 17.2 Å². The van der Waals surface area contributed by atoms with Crippen LogP contribution >= 0.6 is 0 Å². The van der Waals surface area contributed by atoms with Crippen LogP contribution in [0.1, 0.15) is 42.6 Å². The van der Waals surface area contributed by atoms with Crippen LogP contribution in [0.3, 0.4) is 0 Å². The van der Waals surface area contributed by atoms with Gasteiger partial charge in [0.1, 0.15) is 12.4 Å². The van der Waals surface area contributed by atoms with Gasteiger partial charge in [0.2, 0.25) is 0 Å². The van der Waals surface area contributed by atoms with Crippen molar-refractivity contribution in [3.8, 4) is 5.75 Å². The molecule has 0 bridgehead atoms. The standard InChI is InChI=1S/C18H22N2O2/c1-3-5-14(2)20-18(21)16-7-9-17(10-8-16)22-13-15-6-4-11-19-12-15/h4,6-12,14H,3,5,13H2,1-2H3,(H,20,21). The largest absolute Gasteiger partial charge is 0.489 e. The fraction of sp³-hybridized carbons (Fsp3) is 0.333. The van der Waals surface area contributed by atoms with Gasteiger partial charge in [-0.25, -0.2) is 0 Å². The Hall–Kier alpha value is -2.36. The third kappa shape index (κ3) is 4.88. The third-order valence-corrected chi connectivity index (χ3v) is 3.34. The first-order chi connectivity index (χ1) is 10.7. The zero-order valence-electron chi connectivity index (χ0n) is 13.1. The van der Waals surface area contributed by atoms with Crippen LogP contribution in [0, 0.1) is 0 Å². The summed E-state index contributed by atoms with van der Waals surface area (Å²) in [5, 5.41) is 2.99. The van der Waals surface area contributed by atoms with E-state index in [-0.39, 0.29) is 11.9 Å². The number of amides is 1. The molecule has 1 aromatic heterocycles. The lowest BCUT2D eigenvalue weighted by Crippen LogP contribution is -2.32. The number of ether oxygens (including phenoxy) is 1. The van der Waals surface area contributed by atoms with Crippen molar-refractivity contribution in [2.45, 2.75) is 39.3 Å². The molecule has 1 atom stereocenters. The maximum absolute atomic E-state index is 12.1. The molecule has 2 rings (SSSR count). The van der Waals surface area contributed by atoms with Crippen molar-refractivity contribution in [3.05, 3.63) is 59.9 Å². The van der Waals surface area contributed by atoms with Crippen LogP contribution in [0.4, 0.5) is 0 Å². The van der Waals surface area contributed by atoms with Crippen molar-refractivity contribution in [3.63, 3.8) is 0 Å². The van der Waals surface area contributed by atoms with Crippen molar-refractivity contribution in [1.82, 2.24) is 10.3 Å². The minimum Gasteiger partial charge on any atom is -0.489 e. The number of carbonyl (C=O) groups excluding carboxylic acids is 1. The van der Waals surface area contributed by atoms with E-state index in [1.54, 1.807) is 24.5 Å². The fourth-order valence-corrected chi connectivity index (χ4v) is 2.17. The van der Waals surface area contributed by atoms with Crippen molar-refractivity contribution in [2.24, 2.45) is 0 Å². The Morgan fingerprint density at radius 3 is 2.68 bits per heavy atom. The molecule has 22 heavy (non-hydrogen) atoms. The normalized spacial score (nSPS) is 11.7. The van der Waals surface area contributed by atoms with Gasteiger partial charge in [0.05, 0.1) is 0 Å². The monoisotopic (exact) mass is 298 g/mol. The lowest BCUT2D eigenvalue weighted by atomic mass is 10.1. The predicted molar refractivity (Wildman–Crippen MR) is 86.8 cm³/mol. The summed E-state index contributed by atoms with van der Waals surface area (Å²) in [5.74, 6) is 0.696. The average Bonchev–Trinajstić information content (AvgIpc) is 2.54. The second-order valence-corrected chi connectivity index (χ2v) is 5.34. The first-order valence-corrected chi connectivity index (χ1v) is 7.61. The molecular weight excluding hydrogens is 276 g/mol. The summed E-state index contributed by atoms with van der Waals surface area (Å²) >= 11 is 0. The summed E-state index contributed by atoms with van der Waals surface area (Å²) in [7, 11) is 0. The summed E-state index contributed by atoms with van der Waals surface area (Å²) in [5.41, 5.74) is 1.66. The number of pyridine rings is 1. The lowest BCUT2D eigenvalue weighted by Gasteiger charge is -2.13. The molecule has 0 aliphatic rings. The van der Waals surface area contributed by atoms with Crippen LogP contribution in [0.25, 0.3) is 0 Å². The Morgan fingerprint density at radius 1 is 1.27 bits per heavy atom. The van der Waals surface area contributed by atoms with Gasteiger partial charge < -0.3 is 10.1 Å². The van der Waals surface area contributed by atoms with Gasteiger partial charge in [-0.2, -0.15) is 0 Å². The molecule has 0 aliphatic heterocycles. The summed E-state index contributed by atoms with van der Waals surface area (Å²) in [6.45, 7) is 4.59. The highest BCUT2D eigenvalue weighted by molar-refractivity contribution is 5.94. The Balaban J connectivity index is 1.88. The van der Waals surface area contributed by atoms with Crippen LogP contribution in [0.5, 0.6) is 5.75 Å². The zero-order valence-corrected chi connectivity index (χ0v) is 13.1.